The van der Waals surface area contributed by atoms with E-state index in [9.17, 15) is 4.79 Å². The molecule has 1 unspecified atom stereocenters. The van der Waals surface area contributed by atoms with E-state index in [0.717, 1.165) is 28.0 Å². The number of carbonyl (C=O) groups is 1. The van der Waals surface area contributed by atoms with Crippen molar-refractivity contribution in [2.45, 2.75) is 20.3 Å². The van der Waals surface area contributed by atoms with E-state index in [1.54, 1.807) is 12.4 Å². The number of carbonyl (C=O) groups excluding carboxylic acids is 1. The minimum atomic E-state index is -0.0230. The summed E-state index contributed by atoms with van der Waals surface area (Å²) < 4.78 is 0. The summed E-state index contributed by atoms with van der Waals surface area (Å²) in [6.45, 7) is 4.15. The predicted octanol–water partition coefficient (Wildman–Crippen LogP) is 3.40. The number of rotatable bonds is 2. The summed E-state index contributed by atoms with van der Waals surface area (Å²) in [7, 11) is 0. The highest BCUT2D eigenvalue weighted by Gasteiger charge is 2.22. The molecule has 0 bridgehead atoms. The van der Waals surface area contributed by atoms with Crippen molar-refractivity contribution in [2.24, 2.45) is 11.0 Å². The Kier molecular flexibility index (Phi) is 3.41. The normalized spacial score (nSPS) is 17.7. The van der Waals surface area contributed by atoms with Gasteiger partial charge in [-0.1, -0.05) is 13.0 Å². The van der Waals surface area contributed by atoms with Gasteiger partial charge in [-0.25, -0.2) is 5.43 Å². The van der Waals surface area contributed by atoms with Gasteiger partial charge in [0.1, 0.15) is 0 Å². The van der Waals surface area contributed by atoms with Crippen LogP contribution >= 0.6 is 0 Å². The molecule has 0 saturated heterocycles. The van der Waals surface area contributed by atoms with Crippen LogP contribution in [-0.4, -0.2) is 21.6 Å². The molecule has 0 radical (unpaired) electrons. The average Bonchev–Trinajstić information content (AvgIpc) is 2.92. The summed E-state index contributed by atoms with van der Waals surface area (Å²) in [5, 5.41) is 5.43. The van der Waals surface area contributed by atoms with Gasteiger partial charge >= 0.3 is 0 Å². The van der Waals surface area contributed by atoms with Crippen molar-refractivity contribution in [3.05, 3.63) is 53.9 Å². The maximum atomic E-state index is 11.4. The van der Waals surface area contributed by atoms with Gasteiger partial charge in [-0.2, -0.15) is 5.10 Å². The molecule has 2 aromatic heterocycles. The van der Waals surface area contributed by atoms with Crippen molar-refractivity contribution in [3.63, 3.8) is 0 Å². The third-order valence-corrected chi connectivity index (χ3v) is 4.58. The molecular formula is C19H18N4O. The Morgan fingerprint density at radius 2 is 1.92 bits per heavy atom. The van der Waals surface area contributed by atoms with E-state index < -0.39 is 0 Å². The van der Waals surface area contributed by atoms with Gasteiger partial charge in [0.15, 0.2) is 0 Å². The number of aromatic nitrogens is 2. The second kappa shape index (κ2) is 5.60. The lowest BCUT2D eigenvalue weighted by atomic mass is 9.93. The molecule has 4 rings (SSSR count). The number of nitrogens with one attached hydrogen (secondary N) is 2. The number of aryl methyl sites for hydroxylation is 1. The Bertz CT molecular complexity index is 956. The summed E-state index contributed by atoms with van der Waals surface area (Å²) in [5.41, 5.74) is 9.10. The average molecular weight is 318 g/mol. The van der Waals surface area contributed by atoms with Crippen LogP contribution in [0.2, 0.25) is 0 Å². The van der Waals surface area contributed by atoms with E-state index in [-0.39, 0.29) is 11.8 Å². The van der Waals surface area contributed by atoms with Crippen LogP contribution < -0.4 is 5.43 Å². The summed E-state index contributed by atoms with van der Waals surface area (Å²) in [6, 6.07) is 10.3. The number of H-pyrrole nitrogens is 1. The van der Waals surface area contributed by atoms with Crippen LogP contribution in [0.5, 0.6) is 0 Å². The summed E-state index contributed by atoms with van der Waals surface area (Å²) in [4.78, 5) is 19.0. The van der Waals surface area contributed by atoms with E-state index in [2.05, 4.69) is 45.6 Å². The molecule has 120 valence electrons. The molecule has 1 aliphatic heterocycles. The Morgan fingerprint density at radius 1 is 1.12 bits per heavy atom. The molecule has 2 N–H and O–H groups in total. The molecule has 0 aliphatic carbocycles. The molecule has 0 spiro atoms. The lowest BCUT2D eigenvalue weighted by molar-refractivity contribution is -0.121. The number of hydrazone groups is 1. The first kappa shape index (κ1) is 14.6. The summed E-state index contributed by atoms with van der Waals surface area (Å²) in [6.07, 6.45) is 4.07. The number of pyridine rings is 1. The smallest absolute Gasteiger partial charge is 0.240 e. The molecule has 5 nitrogen and oxygen atoms in total. The first-order valence-electron chi connectivity index (χ1n) is 8.03. The number of benzene rings is 1. The number of hydrogen-bond donors (Lipinski definition) is 2. The monoisotopic (exact) mass is 318 g/mol. The molecule has 1 amide bonds. The van der Waals surface area contributed by atoms with Gasteiger partial charge < -0.3 is 4.98 Å². The number of amides is 1. The zero-order chi connectivity index (χ0) is 16.7. The van der Waals surface area contributed by atoms with Gasteiger partial charge in [-0.05, 0) is 42.3 Å². The van der Waals surface area contributed by atoms with Gasteiger partial charge in [-0.3, -0.25) is 9.78 Å². The highest BCUT2D eigenvalue weighted by atomic mass is 16.2. The second-order valence-electron chi connectivity index (χ2n) is 6.26. The Balaban J connectivity index is 1.82. The minimum Gasteiger partial charge on any atom is -0.354 e. The van der Waals surface area contributed by atoms with Crippen LogP contribution in [0.3, 0.4) is 0 Å². The zero-order valence-corrected chi connectivity index (χ0v) is 13.6. The topological polar surface area (TPSA) is 70.1 Å². The van der Waals surface area contributed by atoms with E-state index >= 15 is 0 Å². The standard InChI is InChI=1S/C19H18N4O/c1-11-9-17(24)22-23-18(11)14-3-4-16-15(10-14)12(2)19(21-16)13-5-7-20-8-6-13/h3-8,10-11,21H,9H2,1-2H3,(H,22,24). The maximum absolute atomic E-state index is 11.4. The van der Waals surface area contributed by atoms with Gasteiger partial charge in [-0.15, -0.1) is 0 Å². The predicted molar refractivity (Wildman–Crippen MR) is 94.7 cm³/mol. The summed E-state index contributed by atoms with van der Waals surface area (Å²) in [5.74, 6) is 0.0974. The Morgan fingerprint density at radius 3 is 2.67 bits per heavy atom. The Labute approximate surface area is 139 Å². The zero-order valence-electron chi connectivity index (χ0n) is 13.6. The van der Waals surface area contributed by atoms with Gasteiger partial charge in [0.2, 0.25) is 5.91 Å². The molecule has 3 aromatic rings. The molecule has 1 aromatic carbocycles. The molecule has 1 atom stereocenters. The van der Waals surface area contributed by atoms with Gasteiger partial charge in [0.05, 0.1) is 5.71 Å². The van der Waals surface area contributed by atoms with Crippen LogP contribution in [0, 0.1) is 12.8 Å². The van der Waals surface area contributed by atoms with E-state index in [1.807, 2.05) is 19.1 Å². The molecule has 1 aliphatic rings. The largest absolute Gasteiger partial charge is 0.354 e. The van der Waals surface area contributed by atoms with Crippen LogP contribution in [0.25, 0.3) is 22.2 Å². The highest BCUT2D eigenvalue weighted by Crippen LogP contribution is 2.30. The first-order valence-corrected chi connectivity index (χ1v) is 8.03. The lowest BCUT2D eigenvalue weighted by Gasteiger charge is -2.19. The van der Waals surface area contributed by atoms with Crippen LogP contribution in [-0.2, 0) is 4.79 Å². The van der Waals surface area contributed by atoms with Crippen LogP contribution in [0.15, 0.2) is 47.8 Å². The van der Waals surface area contributed by atoms with Crippen LogP contribution in [0.1, 0.15) is 24.5 Å². The van der Waals surface area contributed by atoms with Crippen molar-refractivity contribution in [1.29, 1.82) is 0 Å². The first-order chi connectivity index (χ1) is 11.6. The fourth-order valence-electron chi connectivity index (χ4n) is 3.30. The van der Waals surface area contributed by atoms with Crippen molar-refractivity contribution < 1.29 is 4.79 Å². The number of fused-ring (bicyclic) bond motifs is 1. The third-order valence-electron chi connectivity index (χ3n) is 4.58. The molecule has 3 heterocycles. The molecular weight excluding hydrogens is 300 g/mol. The van der Waals surface area contributed by atoms with E-state index in [1.165, 1.54) is 10.9 Å². The second-order valence-corrected chi connectivity index (χ2v) is 6.26. The fourth-order valence-corrected chi connectivity index (χ4v) is 3.30. The van der Waals surface area contributed by atoms with Crippen molar-refractivity contribution in [1.82, 2.24) is 15.4 Å². The van der Waals surface area contributed by atoms with Crippen LogP contribution in [0.4, 0.5) is 0 Å². The molecule has 0 saturated carbocycles. The number of nitrogens with zero attached hydrogens (tertiary/aromatic N) is 2. The highest BCUT2D eigenvalue weighted by molar-refractivity contribution is 6.08. The lowest BCUT2D eigenvalue weighted by Crippen LogP contribution is -2.31. The number of hydrogen-bond acceptors (Lipinski definition) is 3. The van der Waals surface area contributed by atoms with Crippen molar-refractivity contribution >= 4 is 22.5 Å². The van der Waals surface area contributed by atoms with Gasteiger partial charge in [0.25, 0.3) is 0 Å². The molecule has 5 heteroatoms. The third kappa shape index (κ3) is 2.38. The molecule has 24 heavy (non-hydrogen) atoms. The molecule has 0 fully saturated rings. The quantitative estimate of drug-likeness (QED) is 0.760. The Hall–Kier alpha value is -2.95. The van der Waals surface area contributed by atoms with Crippen molar-refractivity contribution in [3.8, 4) is 11.3 Å². The fraction of sp³-hybridized carbons (Fsp3) is 0.211. The van der Waals surface area contributed by atoms with E-state index in [0.29, 0.717) is 6.42 Å². The van der Waals surface area contributed by atoms with E-state index in [4.69, 9.17) is 0 Å². The summed E-state index contributed by atoms with van der Waals surface area (Å²) >= 11 is 0. The SMILES string of the molecule is Cc1c(-c2ccncc2)[nH]c2ccc(C3=NNC(=O)CC3C)cc12. The maximum Gasteiger partial charge on any atom is 0.240 e. The van der Waals surface area contributed by atoms with Gasteiger partial charge in [0, 0.05) is 46.9 Å². The minimum absolute atomic E-state index is 0.0230. The number of aromatic amines is 1. The van der Waals surface area contributed by atoms with Crippen molar-refractivity contribution in [2.75, 3.05) is 0 Å².